The van der Waals surface area contributed by atoms with Crippen LogP contribution in [0.3, 0.4) is 0 Å². The first kappa shape index (κ1) is 21.3. The summed E-state index contributed by atoms with van der Waals surface area (Å²) in [6, 6.07) is 8.71. The molecule has 2 aromatic heterocycles. The minimum Gasteiger partial charge on any atom is -0.507 e. The van der Waals surface area contributed by atoms with Gasteiger partial charge in [-0.1, -0.05) is 18.1 Å². The average molecular weight is 435 g/mol. The number of benzene rings is 1. The summed E-state index contributed by atoms with van der Waals surface area (Å²) >= 11 is 0. The number of aromatic nitrogens is 4. The Kier molecular flexibility index (Phi) is 6.28. The van der Waals surface area contributed by atoms with Gasteiger partial charge in [0.15, 0.2) is 17.5 Å². The number of aliphatic hydroxyl groups excluding tert-OH is 1. The predicted octanol–water partition coefficient (Wildman–Crippen LogP) is 1.42. The third kappa shape index (κ3) is 4.53. The van der Waals surface area contributed by atoms with Gasteiger partial charge >= 0.3 is 0 Å². The fourth-order valence-corrected chi connectivity index (χ4v) is 3.60. The van der Waals surface area contributed by atoms with E-state index in [0.717, 1.165) is 12.6 Å². The van der Waals surface area contributed by atoms with E-state index < -0.39 is 5.82 Å². The molecule has 10 heteroatoms. The molecule has 4 N–H and O–H groups in total. The van der Waals surface area contributed by atoms with Crippen molar-refractivity contribution >= 4 is 17.3 Å². The maximum atomic E-state index is 14.4. The Labute approximate surface area is 184 Å². The zero-order chi connectivity index (χ0) is 22.5. The van der Waals surface area contributed by atoms with Gasteiger partial charge in [0, 0.05) is 31.7 Å². The predicted molar refractivity (Wildman–Crippen MR) is 119 cm³/mol. The van der Waals surface area contributed by atoms with Crippen molar-refractivity contribution in [2.45, 2.75) is 6.42 Å². The zero-order valence-electron chi connectivity index (χ0n) is 17.2. The summed E-state index contributed by atoms with van der Waals surface area (Å²) in [5.74, 6) is 5.28. The lowest BCUT2D eigenvalue weighted by Crippen LogP contribution is -2.32. The number of aromatic hydroxyl groups is 1. The second-order valence-corrected chi connectivity index (χ2v) is 7.17. The van der Waals surface area contributed by atoms with Crippen LogP contribution in [0.1, 0.15) is 12.2 Å². The van der Waals surface area contributed by atoms with Crippen LogP contribution >= 0.6 is 0 Å². The number of nitrogens with zero attached hydrogens (tertiary/aromatic N) is 6. The van der Waals surface area contributed by atoms with Gasteiger partial charge in [-0.3, -0.25) is 0 Å². The van der Waals surface area contributed by atoms with Crippen molar-refractivity contribution < 1.29 is 14.6 Å². The highest BCUT2D eigenvalue weighted by Crippen LogP contribution is 2.32. The molecule has 0 bridgehead atoms. The van der Waals surface area contributed by atoms with Crippen LogP contribution in [0.25, 0.3) is 11.3 Å². The van der Waals surface area contributed by atoms with Gasteiger partial charge in [0.2, 0.25) is 5.82 Å². The topological polar surface area (TPSA) is 125 Å². The molecule has 3 heterocycles. The Balaban J connectivity index is 1.57. The number of para-hydroxylation sites is 1. The smallest absolute Gasteiger partial charge is 0.207 e. The number of nitrogens with two attached hydrogens (primary N) is 1. The van der Waals surface area contributed by atoms with E-state index >= 15 is 0 Å². The van der Waals surface area contributed by atoms with Crippen LogP contribution in [0.15, 0.2) is 36.5 Å². The molecule has 32 heavy (non-hydrogen) atoms. The van der Waals surface area contributed by atoms with Crippen molar-refractivity contribution in [1.82, 2.24) is 20.2 Å². The van der Waals surface area contributed by atoms with Crippen molar-refractivity contribution in [2.24, 2.45) is 0 Å². The number of hydrogen-bond acceptors (Lipinski definition) is 9. The summed E-state index contributed by atoms with van der Waals surface area (Å²) in [5.41, 5.74) is 7.91. The zero-order valence-corrected chi connectivity index (χ0v) is 17.2. The van der Waals surface area contributed by atoms with Gasteiger partial charge in [-0.05, 0) is 30.5 Å². The largest absolute Gasteiger partial charge is 0.507 e. The van der Waals surface area contributed by atoms with Crippen LogP contribution < -0.4 is 15.5 Å². The van der Waals surface area contributed by atoms with Gasteiger partial charge in [-0.2, -0.15) is 0 Å². The molecule has 0 amide bonds. The van der Waals surface area contributed by atoms with Gasteiger partial charge in [0.1, 0.15) is 12.4 Å². The molecule has 9 nitrogen and oxygen atoms in total. The van der Waals surface area contributed by atoms with Crippen molar-refractivity contribution in [3.8, 4) is 28.8 Å². The minimum atomic E-state index is -0.528. The molecule has 1 aromatic carbocycles. The monoisotopic (exact) mass is 435 g/mol. The molecule has 0 radical (unpaired) electrons. The van der Waals surface area contributed by atoms with Crippen LogP contribution in [-0.2, 0) is 0 Å². The van der Waals surface area contributed by atoms with Crippen LogP contribution in [0.5, 0.6) is 5.75 Å². The van der Waals surface area contributed by atoms with E-state index in [4.69, 9.17) is 10.8 Å². The van der Waals surface area contributed by atoms with Crippen LogP contribution in [-0.4, -0.2) is 63.2 Å². The number of rotatable bonds is 3. The lowest BCUT2D eigenvalue weighted by Gasteiger charge is -2.25. The molecule has 0 aliphatic carbocycles. The molecule has 1 fully saturated rings. The van der Waals surface area contributed by atoms with E-state index in [0.29, 0.717) is 43.1 Å². The molecular formula is C22H22FN7O2. The van der Waals surface area contributed by atoms with Gasteiger partial charge in [-0.15, -0.1) is 10.2 Å². The average Bonchev–Trinajstić information content (AvgIpc) is 3.05. The Bertz CT molecular complexity index is 1180. The van der Waals surface area contributed by atoms with E-state index in [-0.39, 0.29) is 29.8 Å². The molecule has 164 valence electrons. The summed E-state index contributed by atoms with van der Waals surface area (Å²) in [4.78, 5) is 12.0. The summed E-state index contributed by atoms with van der Waals surface area (Å²) < 4.78 is 14.4. The second kappa shape index (κ2) is 9.45. The van der Waals surface area contributed by atoms with E-state index in [1.165, 1.54) is 0 Å². The molecule has 3 aromatic rings. The minimum absolute atomic E-state index is 0.110. The number of anilines is 3. The first-order valence-electron chi connectivity index (χ1n) is 10.1. The van der Waals surface area contributed by atoms with Crippen molar-refractivity contribution in [3.05, 3.63) is 48.2 Å². The summed E-state index contributed by atoms with van der Waals surface area (Å²) in [6.07, 6.45) is 1.82. The lowest BCUT2D eigenvalue weighted by atomic mass is 10.1. The molecule has 0 spiro atoms. The molecule has 1 aliphatic heterocycles. The first-order valence-corrected chi connectivity index (χ1v) is 10.1. The highest BCUT2D eigenvalue weighted by atomic mass is 19.1. The Morgan fingerprint density at radius 1 is 1.09 bits per heavy atom. The molecule has 4 rings (SSSR count). The quantitative estimate of drug-likeness (QED) is 0.524. The van der Waals surface area contributed by atoms with Crippen molar-refractivity contribution in [1.29, 1.82) is 0 Å². The first-order chi connectivity index (χ1) is 15.6. The normalized spacial score (nSPS) is 13.9. The highest BCUT2D eigenvalue weighted by Gasteiger charge is 2.22. The SMILES string of the molecule is Nc1nnc(-c2ccccc2O)cc1N1CCCN(c2nc(C#CCO)ncc2F)CC1. The van der Waals surface area contributed by atoms with Gasteiger partial charge < -0.3 is 25.7 Å². The summed E-state index contributed by atoms with van der Waals surface area (Å²) in [6.45, 7) is 1.99. The van der Waals surface area contributed by atoms with E-state index in [9.17, 15) is 9.50 Å². The fraction of sp³-hybridized carbons (Fsp3) is 0.273. The van der Waals surface area contributed by atoms with Gasteiger partial charge in [0.25, 0.3) is 0 Å². The number of hydrogen-bond donors (Lipinski definition) is 3. The van der Waals surface area contributed by atoms with E-state index in [2.05, 4.69) is 36.9 Å². The van der Waals surface area contributed by atoms with Gasteiger partial charge in [0.05, 0.1) is 17.6 Å². The van der Waals surface area contributed by atoms with Gasteiger partial charge in [-0.25, -0.2) is 14.4 Å². The number of nitrogen functional groups attached to an aromatic ring is 1. The molecular weight excluding hydrogens is 413 g/mol. The number of aliphatic hydroxyl groups is 1. The maximum absolute atomic E-state index is 14.4. The van der Waals surface area contributed by atoms with Crippen LogP contribution in [0.4, 0.5) is 21.7 Å². The number of phenols is 1. The van der Waals surface area contributed by atoms with Crippen molar-refractivity contribution in [2.75, 3.05) is 48.3 Å². The molecule has 0 saturated carbocycles. The maximum Gasteiger partial charge on any atom is 0.207 e. The molecule has 0 unspecified atom stereocenters. The molecule has 0 atom stereocenters. The number of halogens is 1. The van der Waals surface area contributed by atoms with Crippen LogP contribution in [0.2, 0.25) is 0 Å². The van der Waals surface area contributed by atoms with Crippen molar-refractivity contribution in [3.63, 3.8) is 0 Å². The summed E-state index contributed by atoms with van der Waals surface area (Å²) in [7, 11) is 0. The second-order valence-electron chi connectivity index (χ2n) is 7.17. The standard InChI is InChI=1S/C22H22FN7O2/c23-16-14-25-20(7-3-12-31)26-22(16)30-9-4-8-29(10-11-30)18-13-17(27-28-21(18)24)15-5-1-2-6-19(15)32/h1-2,5-6,13-14,31-32H,4,8-12H2,(H2,24,28). The summed E-state index contributed by atoms with van der Waals surface area (Å²) in [5, 5.41) is 27.2. The Morgan fingerprint density at radius 2 is 1.88 bits per heavy atom. The Hall–Kier alpha value is -3.97. The van der Waals surface area contributed by atoms with E-state index in [1.807, 2.05) is 11.0 Å². The lowest BCUT2D eigenvalue weighted by molar-refractivity contribution is 0.350. The highest BCUT2D eigenvalue weighted by molar-refractivity contribution is 5.74. The third-order valence-corrected chi connectivity index (χ3v) is 5.12. The fourth-order valence-electron chi connectivity index (χ4n) is 3.60. The third-order valence-electron chi connectivity index (χ3n) is 5.12. The molecule has 1 aliphatic rings. The Morgan fingerprint density at radius 3 is 2.69 bits per heavy atom. The molecule has 1 saturated heterocycles. The van der Waals surface area contributed by atoms with Crippen LogP contribution in [0, 0.1) is 17.7 Å². The van der Waals surface area contributed by atoms with E-state index in [1.54, 1.807) is 24.3 Å². The number of phenolic OH excluding ortho intramolecular Hbond substituents is 1.